The molecule has 0 aromatic carbocycles. The van der Waals surface area contributed by atoms with Gasteiger partial charge in [0.05, 0.1) is 0 Å². The van der Waals surface area contributed by atoms with Crippen LogP contribution in [0.4, 0.5) is 0 Å². The fourth-order valence-corrected chi connectivity index (χ4v) is 2.88. The molecule has 0 aromatic heterocycles. The van der Waals surface area contributed by atoms with Crippen LogP contribution < -0.4 is 0 Å². The zero-order valence-electron chi connectivity index (χ0n) is 12.2. The van der Waals surface area contributed by atoms with Crippen molar-refractivity contribution in [3.05, 3.63) is 0 Å². The summed E-state index contributed by atoms with van der Waals surface area (Å²) in [6, 6.07) is 0. The van der Waals surface area contributed by atoms with E-state index in [0.717, 1.165) is 38.6 Å². The van der Waals surface area contributed by atoms with Crippen LogP contribution in [0.5, 0.6) is 0 Å². The molecule has 1 N–H and O–H groups in total. The molecule has 0 spiro atoms. The fourth-order valence-electron chi connectivity index (χ4n) is 2.88. The number of carbonyl (C=O) groups excluding carboxylic acids is 1. The summed E-state index contributed by atoms with van der Waals surface area (Å²) in [5.74, 6) is -0.0695. The Kier molecular flexibility index (Phi) is 6.89. The van der Waals surface area contributed by atoms with Crippen molar-refractivity contribution in [1.82, 2.24) is 4.90 Å². The lowest BCUT2D eigenvalue weighted by molar-refractivity contribution is -0.138. The van der Waals surface area contributed by atoms with E-state index < -0.39 is 5.97 Å². The topological polar surface area (TPSA) is 57.6 Å². The van der Waals surface area contributed by atoms with E-state index in [4.69, 9.17) is 5.11 Å². The van der Waals surface area contributed by atoms with Gasteiger partial charge in [-0.1, -0.05) is 19.8 Å². The average molecular weight is 269 g/mol. The van der Waals surface area contributed by atoms with Crippen LogP contribution in [0.3, 0.4) is 0 Å². The number of nitrogens with zero attached hydrogens (tertiary/aromatic N) is 1. The zero-order chi connectivity index (χ0) is 14.3. The smallest absolute Gasteiger partial charge is 0.303 e. The molecule has 4 heteroatoms. The Labute approximate surface area is 116 Å². The van der Waals surface area contributed by atoms with Gasteiger partial charge in [-0.05, 0) is 38.0 Å². The third-order valence-corrected chi connectivity index (χ3v) is 4.13. The van der Waals surface area contributed by atoms with Gasteiger partial charge in [0.2, 0.25) is 5.91 Å². The normalized spacial score (nSPS) is 23.1. The van der Waals surface area contributed by atoms with Gasteiger partial charge in [-0.25, -0.2) is 0 Å². The monoisotopic (exact) mass is 269 g/mol. The van der Waals surface area contributed by atoms with Crippen molar-refractivity contribution in [2.24, 2.45) is 11.8 Å². The van der Waals surface area contributed by atoms with E-state index >= 15 is 0 Å². The summed E-state index contributed by atoms with van der Waals surface area (Å²) < 4.78 is 0. The Morgan fingerprint density at radius 2 is 1.79 bits per heavy atom. The first kappa shape index (κ1) is 16.0. The molecule has 1 aliphatic carbocycles. The molecule has 19 heavy (non-hydrogen) atoms. The maximum atomic E-state index is 12.2. The van der Waals surface area contributed by atoms with E-state index in [-0.39, 0.29) is 24.2 Å². The SMILES string of the molecule is CCCCCN(C)C(=O)C1CCC(CC(=O)O)CC1. The summed E-state index contributed by atoms with van der Waals surface area (Å²) in [6.07, 6.45) is 7.15. The second-order valence-electron chi connectivity index (χ2n) is 5.78. The molecule has 0 saturated heterocycles. The van der Waals surface area contributed by atoms with Crippen molar-refractivity contribution in [1.29, 1.82) is 0 Å². The third kappa shape index (κ3) is 5.62. The minimum atomic E-state index is -0.716. The highest BCUT2D eigenvalue weighted by Crippen LogP contribution is 2.31. The molecule has 1 saturated carbocycles. The van der Waals surface area contributed by atoms with Crippen molar-refractivity contribution < 1.29 is 14.7 Å². The van der Waals surface area contributed by atoms with Gasteiger partial charge in [0.15, 0.2) is 0 Å². The molecule has 1 fully saturated rings. The van der Waals surface area contributed by atoms with E-state index in [0.29, 0.717) is 0 Å². The highest BCUT2D eigenvalue weighted by Gasteiger charge is 2.28. The number of carbonyl (C=O) groups is 2. The third-order valence-electron chi connectivity index (χ3n) is 4.13. The highest BCUT2D eigenvalue weighted by atomic mass is 16.4. The van der Waals surface area contributed by atoms with E-state index in [1.54, 1.807) is 0 Å². The second-order valence-corrected chi connectivity index (χ2v) is 5.78. The number of amides is 1. The van der Waals surface area contributed by atoms with Gasteiger partial charge in [-0.2, -0.15) is 0 Å². The maximum absolute atomic E-state index is 12.2. The molecule has 0 bridgehead atoms. The number of hydrogen-bond donors (Lipinski definition) is 1. The molecule has 1 aliphatic rings. The molecule has 110 valence electrons. The Morgan fingerprint density at radius 3 is 2.32 bits per heavy atom. The van der Waals surface area contributed by atoms with Crippen LogP contribution in [0.1, 0.15) is 58.3 Å². The molecule has 0 unspecified atom stereocenters. The van der Waals surface area contributed by atoms with Crippen LogP contribution in [0.15, 0.2) is 0 Å². The first-order valence-corrected chi connectivity index (χ1v) is 7.51. The Hall–Kier alpha value is -1.06. The number of aliphatic carboxylic acids is 1. The minimum absolute atomic E-state index is 0.122. The van der Waals surface area contributed by atoms with Gasteiger partial charge in [0.25, 0.3) is 0 Å². The summed E-state index contributed by atoms with van der Waals surface area (Å²) in [5.41, 5.74) is 0. The van der Waals surface area contributed by atoms with Crippen LogP contribution in [0, 0.1) is 11.8 Å². The minimum Gasteiger partial charge on any atom is -0.481 e. The largest absolute Gasteiger partial charge is 0.481 e. The lowest BCUT2D eigenvalue weighted by Crippen LogP contribution is -2.35. The van der Waals surface area contributed by atoms with Crippen molar-refractivity contribution in [2.75, 3.05) is 13.6 Å². The van der Waals surface area contributed by atoms with Crippen LogP contribution in [-0.2, 0) is 9.59 Å². The van der Waals surface area contributed by atoms with Gasteiger partial charge in [-0.3, -0.25) is 9.59 Å². The van der Waals surface area contributed by atoms with Crippen LogP contribution in [0.2, 0.25) is 0 Å². The van der Waals surface area contributed by atoms with Crippen molar-refractivity contribution in [3.8, 4) is 0 Å². The van der Waals surface area contributed by atoms with Gasteiger partial charge in [0.1, 0.15) is 0 Å². The summed E-state index contributed by atoms with van der Waals surface area (Å²) >= 11 is 0. The molecular weight excluding hydrogens is 242 g/mol. The first-order valence-electron chi connectivity index (χ1n) is 7.51. The van der Waals surface area contributed by atoms with Crippen molar-refractivity contribution >= 4 is 11.9 Å². The van der Waals surface area contributed by atoms with E-state index in [9.17, 15) is 9.59 Å². The quantitative estimate of drug-likeness (QED) is 0.723. The van der Waals surface area contributed by atoms with Crippen LogP contribution in [-0.4, -0.2) is 35.5 Å². The van der Waals surface area contributed by atoms with E-state index in [2.05, 4.69) is 6.92 Å². The Morgan fingerprint density at radius 1 is 1.16 bits per heavy atom. The van der Waals surface area contributed by atoms with Gasteiger partial charge < -0.3 is 10.0 Å². The molecule has 1 rings (SSSR count). The molecule has 0 atom stereocenters. The van der Waals surface area contributed by atoms with Crippen molar-refractivity contribution in [2.45, 2.75) is 58.3 Å². The number of hydrogen-bond acceptors (Lipinski definition) is 2. The van der Waals surface area contributed by atoms with Gasteiger partial charge in [0, 0.05) is 25.9 Å². The molecule has 1 amide bonds. The fraction of sp³-hybridized carbons (Fsp3) is 0.867. The number of rotatable bonds is 7. The first-order chi connectivity index (χ1) is 9.04. The summed E-state index contributed by atoms with van der Waals surface area (Å²) in [6.45, 7) is 3.01. The van der Waals surface area contributed by atoms with Crippen molar-refractivity contribution in [3.63, 3.8) is 0 Å². The number of carboxylic acid groups (broad SMARTS) is 1. The summed E-state index contributed by atoms with van der Waals surface area (Å²) in [5, 5.41) is 8.77. The molecule has 0 heterocycles. The predicted octanol–water partition coefficient (Wildman–Crippen LogP) is 2.92. The lowest BCUT2D eigenvalue weighted by atomic mass is 9.80. The van der Waals surface area contributed by atoms with Gasteiger partial charge in [-0.15, -0.1) is 0 Å². The standard InChI is InChI=1S/C15H27NO3/c1-3-4-5-10-16(2)15(19)13-8-6-12(7-9-13)11-14(17)18/h12-13H,3-11H2,1-2H3,(H,17,18). The Bertz CT molecular complexity index is 296. The number of unbranched alkanes of at least 4 members (excludes halogenated alkanes) is 2. The summed E-state index contributed by atoms with van der Waals surface area (Å²) in [4.78, 5) is 24.8. The number of carboxylic acids is 1. The highest BCUT2D eigenvalue weighted by molar-refractivity contribution is 5.78. The molecule has 0 radical (unpaired) electrons. The van der Waals surface area contributed by atoms with E-state index in [1.165, 1.54) is 12.8 Å². The van der Waals surface area contributed by atoms with Gasteiger partial charge >= 0.3 is 5.97 Å². The Balaban J connectivity index is 2.29. The zero-order valence-corrected chi connectivity index (χ0v) is 12.2. The lowest BCUT2D eigenvalue weighted by Gasteiger charge is -2.30. The van der Waals surface area contributed by atoms with Crippen LogP contribution in [0.25, 0.3) is 0 Å². The van der Waals surface area contributed by atoms with E-state index in [1.807, 2.05) is 11.9 Å². The molecule has 0 aliphatic heterocycles. The molecule has 0 aromatic rings. The predicted molar refractivity (Wildman–Crippen MR) is 74.9 cm³/mol. The molecule has 4 nitrogen and oxygen atoms in total. The molecular formula is C15H27NO3. The average Bonchev–Trinajstić information content (AvgIpc) is 2.38. The van der Waals surface area contributed by atoms with Crippen LogP contribution >= 0.6 is 0 Å². The summed E-state index contributed by atoms with van der Waals surface area (Å²) in [7, 11) is 1.89. The second kappa shape index (κ2) is 8.18. The maximum Gasteiger partial charge on any atom is 0.303 e.